The topological polar surface area (TPSA) is 192 Å². The van der Waals surface area contributed by atoms with Gasteiger partial charge < -0.3 is 35.2 Å². The summed E-state index contributed by atoms with van der Waals surface area (Å²) in [6, 6.07) is -0.939. The molecule has 7 unspecified atom stereocenters. The number of unbranched alkanes of at least 4 members (excludes halogenated alkanes) is 36. The third-order valence-electron chi connectivity index (χ3n) is 13.3. The molecule has 1 saturated heterocycles. The summed E-state index contributed by atoms with van der Waals surface area (Å²) in [5, 5.41) is 44.9. The van der Waals surface area contributed by atoms with Gasteiger partial charge in [-0.25, -0.2) is 4.18 Å². The number of hydrogen-bond acceptors (Lipinski definition) is 10. The van der Waals surface area contributed by atoms with Crippen LogP contribution in [-0.4, -0.2) is 95.4 Å². The molecule has 1 aliphatic rings. The van der Waals surface area contributed by atoms with Crippen LogP contribution in [0.1, 0.15) is 264 Å². The summed E-state index contributed by atoms with van der Waals surface area (Å²) in [4.78, 5) is 13.1. The van der Waals surface area contributed by atoms with E-state index < -0.39 is 59.9 Å². The van der Waals surface area contributed by atoms with Gasteiger partial charge in [0.25, 0.3) is 0 Å². The first-order valence-corrected chi connectivity index (χ1v) is 28.9. The minimum atomic E-state index is -5.08. The average molecular weight is 962 g/mol. The van der Waals surface area contributed by atoms with E-state index in [9.17, 15) is 38.2 Å². The summed E-state index contributed by atoms with van der Waals surface area (Å²) >= 11 is 0. The highest BCUT2D eigenvalue weighted by molar-refractivity contribution is 7.80. The lowest BCUT2D eigenvalue weighted by Gasteiger charge is -2.41. The number of aliphatic hydroxyl groups is 4. The Bertz CT molecular complexity index is 1220. The number of carbonyl (C=O) groups is 1. The molecule has 1 aliphatic heterocycles. The van der Waals surface area contributed by atoms with Gasteiger partial charge >= 0.3 is 10.4 Å². The zero-order chi connectivity index (χ0) is 48.4. The number of nitrogens with one attached hydrogen (secondary N) is 1. The minimum absolute atomic E-state index is 0.257. The number of hydrogen-bond donors (Lipinski definition) is 6. The molecule has 12 nitrogen and oxygen atoms in total. The second-order valence-electron chi connectivity index (χ2n) is 19.5. The molecule has 66 heavy (non-hydrogen) atoms. The molecule has 1 fully saturated rings. The summed E-state index contributed by atoms with van der Waals surface area (Å²) in [5.41, 5.74) is 0. The molecule has 7 atom stereocenters. The van der Waals surface area contributed by atoms with Crippen molar-refractivity contribution in [2.75, 3.05) is 13.2 Å². The van der Waals surface area contributed by atoms with Gasteiger partial charge in [0.05, 0.1) is 25.4 Å². The maximum atomic E-state index is 13.1. The summed E-state index contributed by atoms with van der Waals surface area (Å²) < 4.78 is 47.8. The number of aliphatic hydroxyl groups excluding tert-OH is 4. The van der Waals surface area contributed by atoms with Crippen molar-refractivity contribution in [2.24, 2.45) is 0 Å². The number of amides is 1. The Morgan fingerprint density at radius 2 is 0.955 bits per heavy atom. The molecule has 0 aromatic heterocycles. The van der Waals surface area contributed by atoms with Crippen molar-refractivity contribution in [2.45, 2.75) is 307 Å². The number of allylic oxidation sites excluding steroid dienone is 1. The van der Waals surface area contributed by atoms with Crippen LogP contribution in [0.15, 0.2) is 12.2 Å². The van der Waals surface area contributed by atoms with Crippen LogP contribution in [0.3, 0.4) is 0 Å². The molecule has 0 radical (unpaired) electrons. The van der Waals surface area contributed by atoms with E-state index in [4.69, 9.17) is 9.47 Å². The molecule has 0 aromatic carbocycles. The van der Waals surface area contributed by atoms with Gasteiger partial charge in [-0.3, -0.25) is 9.35 Å². The Morgan fingerprint density at radius 3 is 1.32 bits per heavy atom. The summed E-state index contributed by atoms with van der Waals surface area (Å²) in [6.45, 7) is 3.43. The summed E-state index contributed by atoms with van der Waals surface area (Å²) in [5.74, 6) is -0.257. The van der Waals surface area contributed by atoms with Gasteiger partial charge in [0.2, 0.25) is 5.91 Å². The summed E-state index contributed by atoms with van der Waals surface area (Å²) in [7, 11) is -5.08. The highest BCUT2D eigenvalue weighted by Gasteiger charge is 2.48. The molecule has 392 valence electrons. The smallest absolute Gasteiger partial charge is 0.394 e. The Morgan fingerprint density at radius 1 is 0.591 bits per heavy atom. The molecule has 1 heterocycles. The van der Waals surface area contributed by atoms with Gasteiger partial charge in [-0.2, -0.15) is 8.42 Å². The van der Waals surface area contributed by atoms with E-state index in [1.54, 1.807) is 6.08 Å². The van der Waals surface area contributed by atoms with Crippen LogP contribution in [-0.2, 0) is 28.9 Å². The van der Waals surface area contributed by atoms with Gasteiger partial charge in [0.15, 0.2) is 6.29 Å². The maximum absolute atomic E-state index is 13.1. The van der Waals surface area contributed by atoms with Gasteiger partial charge in [-0.15, -0.1) is 0 Å². The van der Waals surface area contributed by atoms with Crippen LogP contribution >= 0.6 is 0 Å². The minimum Gasteiger partial charge on any atom is -0.394 e. The number of carbonyl (C=O) groups excluding carboxylic acids is 1. The van der Waals surface area contributed by atoms with Crippen molar-refractivity contribution >= 4 is 16.3 Å². The molecule has 6 N–H and O–H groups in total. The van der Waals surface area contributed by atoms with Crippen molar-refractivity contribution in [1.82, 2.24) is 5.32 Å². The van der Waals surface area contributed by atoms with Crippen LogP contribution in [0.2, 0.25) is 0 Å². The Kier molecular flexibility index (Phi) is 41.7. The van der Waals surface area contributed by atoms with Gasteiger partial charge in [0.1, 0.15) is 24.4 Å². The molecule has 0 saturated carbocycles. The monoisotopic (exact) mass is 962 g/mol. The van der Waals surface area contributed by atoms with Gasteiger partial charge in [0, 0.05) is 6.42 Å². The van der Waals surface area contributed by atoms with E-state index >= 15 is 0 Å². The predicted molar refractivity (Wildman–Crippen MR) is 269 cm³/mol. The van der Waals surface area contributed by atoms with Crippen molar-refractivity contribution in [3.63, 3.8) is 0 Å². The fourth-order valence-corrected chi connectivity index (χ4v) is 9.55. The zero-order valence-corrected chi connectivity index (χ0v) is 43.1. The van der Waals surface area contributed by atoms with Crippen molar-refractivity contribution in [3.8, 4) is 0 Å². The normalized spacial score (nSPS) is 20.0. The second kappa shape index (κ2) is 43.8. The van der Waals surface area contributed by atoms with E-state index in [-0.39, 0.29) is 18.9 Å². The first-order chi connectivity index (χ1) is 32.0. The largest absolute Gasteiger partial charge is 0.397 e. The van der Waals surface area contributed by atoms with Crippen molar-refractivity contribution in [3.05, 3.63) is 12.2 Å². The van der Waals surface area contributed by atoms with Gasteiger partial charge in [-0.05, 0) is 19.3 Å². The van der Waals surface area contributed by atoms with Gasteiger partial charge in [-0.1, -0.05) is 251 Å². The SMILES string of the molecule is CCCCCCCCCCCCCCCCC/C=C/C(O)C(COC1OC(CO)C(O)C(OS(=O)(=O)O)C1O)NC(=O)CCCCCCCCCCCCCCCCCCCCCCCC. The van der Waals surface area contributed by atoms with Crippen LogP contribution < -0.4 is 5.32 Å². The van der Waals surface area contributed by atoms with Crippen molar-refractivity contribution < 1.29 is 51.8 Å². The quantitative estimate of drug-likeness (QED) is 0.0193. The van der Waals surface area contributed by atoms with Crippen LogP contribution in [0.4, 0.5) is 0 Å². The lowest BCUT2D eigenvalue weighted by atomic mass is 9.99. The van der Waals surface area contributed by atoms with Crippen LogP contribution in [0.25, 0.3) is 0 Å². The maximum Gasteiger partial charge on any atom is 0.397 e. The fraction of sp³-hybridized carbons (Fsp3) is 0.943. The highest BCUT2D eigenvalue weighted by atomic mass is 32.3. The van der Waals surface area contributed by atoms with E-state index in [0.29, 0.717) is 6.42 Å². The average Bonchev–Trinajstić information content (AvgIpc) is 3.29. The third-order valence-corrected chi connectivity index (χ3v) is 13.8. The molecule has 0 bridgehead atoms. The fourth-order valence-electron chi connectivity index (χ4n) is 9.05. The molecule has 1 amide bonds. The van der Waals surface area contributed by atoms with E-state index in [2.05, 4.69) is 23.3 Å². The Balaban J connectivity index is 2.39. The van der Waals surface area contributed by atoms with E-state index in [0.717, 1.165) is 38.5 Å². The summed E-state index contributed by atoms with van der Waals surface area (Å²) in [6.07, 6.45) is 42.5. The molecule has 0 aromatic rings. The lowest BCUT2D eigenvalue weighted by molar-refractivity contribution is -0.298. The number of ether oxygens (including phenoxy) is 2. The molecular formula is C53H103NO11S. The third kappa shape index (κ3) is 35.9. The second-order valence-corrected chi connectivity index (χ2v) is 20.6. The lowest BCUT2D eigenvalue weighted by Crippen LogP contribution is -2.61. The molecule has 13 heteroatoms. The highest BCUT2D eigenvalue weighted by Crippen LogP contribution is 2.26. The molecular weight excluding hydrogens is 859 g/mol. The first kappa shape index (κ1) is 62.9. The Hall–Kier alpha value is -1.16. The van der Waals surface area contributed by atoms with Crippen LogP contribution in [0.5, 0.6) is 0 Å². The molecule has 0 spiro atoms. The number of rotatable bonds is 48. The first-order valence-electron chi connectivity index (χ1n) is 27.6. The zero-order valence-electron chi connectivity index (χ0n) is 42.3. The van der Waals surface area contributed by atoms with Crippen molar-refractivity contribution in [1.29, 1.82) is 0 Å². The standard InChI is InChI=1S/C53H103NO11S/c1-3-5-7-9-11-13-15-17-19-21-22-23-24-25-27-29-31-33-35-37-39-41-43-49(57)54-46(45-63-53-51(59)52(65-66(60,61)62)50(58)48(44-55)64-53)47(56)42-40-38-36-34-32-30-28-26-20-18-16-14-12-10-8-6-4-2/h40,42,46-48,50-53,55-56,58-59H,3-39,41,43-45H2,1-2H3,(H,54,57)(H,60,61,62)/b42-40+. The Labute approximate surface area is 404 Å². The van der Waals surface area contributed by atoms with Crippen LogP contribution in [0, 0.1) is 0 Å². The molecule has 0 aliphatic carbocycles. The van der Waals surface area contributed by atoms with E-state index in [1.165, 1.54) is 199 Å². The van der Waals surface area contributed by atoms with E-state index in [1.807, 2.05) is 6.08 Å². The molecule has 1 rings (SSSR count). The predicted octanol–water partition coefficient (Wildman–Crippen LogP) is 12.3.